The molecule has 0 saturated heterocycles. The molecule has 0 aliphatic heterocycles. The highest BCUT2D eigenvalue weighted by Crippen LogP contribution is 2.25. The normalized spacial score (nSPS) is 12.7. The molecule has 2 heterocycles. The van der Waals surface area contributed by atoms with Crippen molar-refractivity contribution in [2.45, 2.75) is 19.4 Å². The molecule has 0 spiro atoms. The van der Waals surface area contributed by atoms with Crippen LogP contribution in [0.4, 0.5) is 0 Å². The number of benzene rings is 1. The van der Waals surface area contributed by atoms with Crippen molar-refractivity contribution in [1.82, 2.24) is 9.55 Å². The summed E-state index contributed by atoms with van der Waals surface area (Å²) < 4.78 is 1.96. The quantitative estimate of drug-likeness (QED) is 0.797. The van der Waals surface area contributed by atoms with Crippen molar-refractivity contribution in [2.24, 2.45) is 0 Å². The minimum Gasteiger partial charge on any atom is -0.478 e. The summed E-state index contributed by atoms with van der Waals surface area (Å²) in [6.45, 7) is 2.08. The Labute approximate surface area is 120 Å². The molecule has 2 aromatic heterocycles. The first-order chi connectivity index (χ1) is 9.66. The first-order valence-electron chi connectivity index (χ1n) is 6.38. The molecule has 0 fully saturated rings. The number of imidazole rings is 1. The number of rotatable bonds is 4. The number of thiophene rings is 1. The van der Waals surface area contributed by atoms with E-state index in [-0.39, 0.29) is 6.04 Å². The van der Waals surface area contributed by atoms with E-state index >= 15 is 0 Å². The highest BCUT2D eigenvalue weighted by molar-refractivity contribution is 7.09. The van der Waals surface area contributed by atoms with Crippen molar-refractivity contribution in [3.63, 3.8) is 0 Å². The zero-order chi connectivity index (χ0) is 14.1. The van der Waals surface area contributed by atoms with E-state index in [9.17, 15) is 9.90 Å². The Kier molecular flexibility index (Phi) is 3.28. The van der Waals surface area contributed by atoms with E-state index in [1.165, 1.54) is 4.88 Å². The van der Waals surface area contributed by atoms with Crippen LogP contribution < -0.4 is 0 Å². The SMILES string of the molecule is CC(Cc1cccs1)n1cnc2cccc(C(=O)O)c21. The summed E-state index contributed by atoms with van der Waals surface area (Å²) in [6.07, 6.45) is 2.60. The number of nitrogens with zero attached hydrogens (tertiary/aromatic N) is 2. The van der Waals surface area contributed by atoms with E-state index in [0.29, 0.717) is 11.1 Å². The van der Waals surface area contributed by atoms with Crippen molar-refractivity contribution < 1.29 is 9.90 Å². The number of carboxylic acids is 1. The Morgan fingerprint density at radius 2 is 2.25 bits per heavy atom. The molecule has 1 atom stereocenters. The first kappa shape index (κ1) is 12.9. The molecule has 0 radical (unpaired) electrons. The summed E-state index contributed by atoms with van der Waals surface area (Å²) in [5.74, 6) is -0.916. The van der Waals surface area contributed by atoms with Gasteiger partial charge in [0.25, 0.3) is 0 Å². The third kappa shape index (κ3) is 2.20. The molecule has 1 N–H and O–H groups in total. The van der Waals surface area contributed by atoms with Gasteiger partial charge >= 0.3 is 5.97 Å². The number of aromatic nitrogens is 2. The van der Waals surface area contributed by atoms with Crippen molar-refractivity contribution >= 4 is 28.3 Å². The second-order valence-electron chi connectivity index (χ2n) is 4.76. The maximum atomic E-state index is 11.4. The Bertz CT molecular complexity index is 746. The molecular formula is C15H14N2O2S. The molecule has 1 aromatic carbocycles. The zero-order valence-corrected chi connectivity index (χ0v) is 11.8. The van der Waals surface area contributed by atoms with Crippen LogP contribution in [0.5, 0.6) is 0 Å². The molecule has 3 rings (SSSR count). The van der Waals surface area contributed by atoms with E-state index in [4.69, 9.17) is 0 Å². The van der Waals surface area contributed by atoms with Crippen LogP contribution in [0.15, 0.2) is 42.0 Å². The summed E-state index contributed by atoms with van der Waals surface area (Å²) in [4.78, 5) is 17.0. The maximum absolute atomic E-state index is 11.4. The fraction of sp³-hybridized carbons (Fsp3) is 0.200. The molecule has 0 bridgehead atoms. The lowest BCUT2D eigenvalue weighted by molar-refractivity contribution is 0.0698. The molecule has 1 unspecified atom stereocenters. The first-order valence-corrected chi connectivity index (χ1v) is 7.26. The van der Waals surface area contributed by atoms with E-state index < -0.39 is 5.97 Å². The predicted molar refractivity (Wildman–Crippen MR) is 79.4 cm³/mol. The average molecular weight is 286 g/mol. The highest BCUT2D eigenvalue weighted by atomic mass is 32.1. The van der Waals surface area contributed by atoms with E-state index in [1.54, 1.807) is 29.8 Å². The summed E-state index contributed by atoms with van der Waals surface area (Å²) >= 11 is 1.71. The van der Waals surface area contributed by atoms with Gasteiger partial charge in [0.15, 0.2) is 0 Å². The lowest BCUT2D eigenvalue weighted by Crippen LogP contribution is -2.09. The van der Waals surface area contributed by atoms with Crippen LogP contribution in [0.25, 0.3) is 11.0 Å². The van der Waals surface area contributed by atoms with Gasteiger partial charge in [-0.05, 0) is 30.5 Å². The summed E-state index contributed by atoms with van der Waals surface area (Å²) in [5.41, 5.74) is 1.73. The van der Waals surface area contributed by atoms with Crippen LogP contribution >= 0.6 is 11.3 Å². The number of hydrogen-bond acceptors (Lipinski definition) is 3. The van der Waals surface area contributed by atoms with E-state index in [1.807, 2.05) is 16.7 Å². The van der Waals surface area contributed by atoms with Gasteiger partial charge < -0.3 is 9.67 Å². The third-order valence-corrected chi connectivity index (χ3v) is 4.27. The second-order valence-corrected chi connectivity index (χ2v) is 5.80. The molecule has 20 heavy (non-hydrogen) atoms. The molecule has 0 saturated carbocycles. The number of fused-ring (bicyclic) bond motifs is 1. The Hall–Kier alpha value is -2.14. The van der Waals surface area contributed by atoms with Gasteiger partial charge in [0.05, 0.1) is 22.9 Å². The minimum atomic E-state index is -0.916. The average Bonchev–Trinajstić information content (AvgIpc) is 3.06. The second kappa shape index (κ2) is 5.09. The van der Waals surface area contributed by atoms with Crippen LogP contribution in [0.2, 0.25) is 0 Å². The van der Waals surface area contributed by atoms with Gasteiger partial charge in [0.2, 0.25) is 0 Å². The Morgan fingerprint density at radius 1 is 1.40 bits per heavy atom. The highest BCUT2D eigenvalue weighted by Gasteiger charge is 2.16. The van der Waals surface area contributed by atoms with Crippen LogP contribution in [0, 0.1) is 0 Å². The molecule has 102 valence electrons. The van der Waals surface area contributed by atoms with Gasteiger partial charge in [-0.15, -0.1) is 11.3 Å². The van der Waals surface area contributed by atoms with Gasteiger partial charge in [0.1, 0.15) is 0 Å². The van der Waals surface area contributed by atoms with Gasteiger partial charge in [-0.1, -0.05) is 12.1 Å². The molecule has 5 heteroatoms. The van der Waals surface area contributed by atoms with Crippen molar-refractivity contribution in [3.05, 3.63) is 52.5 Å². The fourth-order valence-corrected chi connectivity index (χ4v) is 3.24. The number of carboxylic acid groups (broad SMARTS) is 1. The Balaban J connectivity index is 2.05. The van der Waals surface area contributed by atoms with Gasteiger partial charge in [-0.3, -0.25) is 0 Å². The summed E-state index contributed by atoms with van der Waals surface area (Å²) in [7, 11) is 0. The van der Waals surface area contributed by atoms with Gasteiger partial charge in [-0.25, -0.2) is 9.78 Å². The van der Waals surface area contributed by atoms with Crippen LogP contribution in [0.1, 0.15) is 28.2 Å². The summed E-state index contributed by atoms with van der Waals surface area (Å²) in [6, 6.07) is 9.49. The maximum Gasteiger partial charge on any atom is 0.337 e. The lowest BCUT2D eigenvalue weighted by Gasteiger charge is -2.14. The van der Waals surface area contributed by atoms with Crippen molar-refractivity contribution in [2.75, 3.05) is 0 Å². The zero-order valence-electron chi connectivity index (χ0n) is 11.0. The van der Waals surface area contributed by atoms with Crippen LogP contribution in [0.3, 0.4) is 0 Å². The number of hydrogen-bond donors (Lipinski definition) is 1. The minimum absolute atomic E-state index is 0.166. The van der Waals surface area contributed by atoms with E-state index in [2.05, 4.69) is 23.4 Å². The summed E-state index contributed by atoms with van der Waals surface area (Å²) in [5, 5.41) is 11.4. The van der Waals surface area contributed by atoms with Gasteiger partial charge in [0, 0.05) is 17.3 Å². The fourth-order valence-electron chi connectivity index (χ4n) is 2.41. The van der Waals surface area contributed by atoms with Crippen LogP contribution in [-0.2, 0) is 6.42 Å². The molecular weight excluding hydrogens is 272 g/mol. The molecule has 0 amide bonds. The van der Waals surface area contributed by atoms with Crippen LogP contribution in [-0.4, -0.2) is 20.6 Å². The molecule has 0 aliphatic carbocycles. The molecule has 0 aliphatic rings. The number of aromatic carboxylic acids is 1. The van der Waals surface area contributed by atoms with E-state index in [0.717, 1.165) is 11.9 Å². The predicted octanol–water partition coefficient (Wildman–Crippen LogP) is 3.60. The standard InChI is InChI=1S/C15H14N2O2S/c1-10(8-11-4-3-7-20-11)17-9-16-13-6-2-5-12(14(13)17)15(18)19/h2-7,9-10H,8H2,1H3,(H,18,19). The smallest absolute Gasteiger partial charge is 0.337 e. The molecule has 4 nitrogen and oxygen atoms in total. The number of para-hydroxylation sites is 1. The lowest BCUT2D eigenvalue weighted by atomic mass is 10.1. The van der Waals surface area contributed by atoms with Crippen molar-refractivity contribution in [1.29, 1.82) is 0 Å². The van der Waals surface area contributed by atoms with Crippen molar-refractivity contribution in [3.8, 4) is 0 Å². The largest absolute Gasteiger partial charge is 0.478 e. The third-order valence-electron chi connectivity index (χ3n) is 3.38. The monoisotopic (exact) mass is 286 g/mol. The molecule has 3 aromatic rings. The topological polar surface area (TPSA) is 55.1 Å². The van der Waals surface area contributed by atoms with Gasteiger partial charge in [-0.2, -0.15) is 0 Å². The number of carbonyl (C=O) groups is 1. The Morgan fingerprint density at radius 3 is 2.95 bits per heavy atom.